The highest BCUT2D eigenvalue weighted by Gasteiger charge is 2.09. The summed E-state index contributed by atoms with van der Waals surface area (Å²) in [7, 11) is 0. The molecule has 32 heavy (non-hydrogen) atoms. The number of benzene rings is 3. The van der Waals surface area contributed by atoms with Gasteiger partial charge >= 0.3 is 0 Å². The number of nitrogens with one attached hydrogen (secondary N) is 2. The standard InChI is InChI=1S/C23H19ClN4O4/c1-15(26-27-22(29)13-16-5-11-21(12-6-16)28(31)32)18-3-2-4-20(14-18)25-23(30)17-7-9-19(24)10-8-17/h2-12,14H,13H2,1H3,(H,25,30)(H,27,29)/b26-15+. The summed E-state index contributed by atoms with van der Waals surface area (Å²) in [4.78, 5) is 34.7. The molecule has 0 radical (unpaired) electrons. The molecule has 3 rings (SSSR count). The summed E-state index contributed by atoms with van der Waals surface area (Å²) >= 11 is 5.85. The van der Waals surface area contributed by atoms with Crippen molar-refractivity contribution in [2.75, 3.05) is 5.32 Å². The third-order valence-corrected chi connectivity index (χ3v) is 4.76. The van der Waals surface area contributed by atoms with Crippen molar-refractivity contribution in [3.8, 4) is 0 Å². The van der Waals surface area contributed by atoms with Crippen molar-refractivity contribution in [1.82, 2.24) is 5.43 Å². The fourth-order valence-electron chi connectivity index (χ4n) is 2.80. The molecule has 0 aliphatic heterocycles. The minimum Gasteiger partial charge on any atom is -0.322 e. The molecule has 0 saturated heterocycles. The van der Waals surface area contributed by atoms with Gasteiger partial charge in [0.05, 0.1) is 17.1 Å². The molecule has 0 heterocycles. The molecule has 3 aromatic carbocycles. The van der Waals surface area contributed by atoms with E-state index < -0.39 is 4.92 Å². The molecule has 0 spiro atoms. The Hall–Kier alpha value is -4.04. The lowest BCUT2D eigenvalue weighted by atomic mass is 10.1. The van der Waals surface area contributed by atoms with Gasteiger partial charge in [-0.25, -0.2) is 5.43 Å². The lowest BCUT2D eigenvalue weighted by molar-refractivity contribution is -0.384. The summed E-state index contributed by atoms with van der Waals surface area (Å²) < 4.78 is 0. The smallest absolute Gasteiger partial charge is 0.269 e. The average molecular weight is 451 g/mol. The zero-order valence-corrected chi connectivity index (χ0v) is 17.8. The summed E-state index contributed by atoms with van der Waals surface area (Å²) in [5.74, 6) is -0.629. The Kier molecular flexibility index (Phi) is 7.30. The highest BCUT2D eigenvalue weighted by atomic mass is 35.5. The maximum Gasteiger partial charge on any atom is 0.269 e. The Morgan fingerprint density at radius 3 is 2.34 bits per heavy atom. The van der Waals surface area contributed by atoms with Gasteiger partial charge < -0.3 is 5.32 Å². The Bertz CT molecular complexity index is 1180. The van der Waals surface area contributed by atoms with Gasteiger partial charge in [0.15, 0.2) is 0 Å². The highest BCUT2D eigenvalue weighted by Crippen LogP contribution is 2.15. The summed E-state index contributed by atoms with van der Waals surface area (Å²) in [5, 5.41) is 18.2. The molecular formula is C23H19ClN4O4. The van der Waals surface area contributed by atoms with Gasteiger partial charge in [0.1, 0.15) is 0 Å². The predicted molar refractivity (Wildman–Crippen MR) is 123 cm³/mol. The summed E-state index contributed by atoms with van der Waals surface area (Å²) in [6.07, 6.45) is 0.0337. The fraction of sp³-hybridized carbons (Fsp3) is 0.0870. The second-order valence-electron chi connectivity index (χ2n) is 6.87. The Labute approximate surface area is 189 Å². The number of halogens is 1. The van der Waals surface area contributed by atoms with Crippen molar-refractivity contribution in [3.63, 3.8) is 0 Å². The number of hydrazone groups is 1. The van der Waals surface area contributed by atoms with Gasteiger partial charge in [0.2, 0.25) is 5.91 Å². The van der Waals surface area contributed by atoms with Crippen LogP contribution in [0.5, 0.6) is 0 Å². The van der Waals surface area contributed by atoms with Gasteiger partial charge in [-0.2, -0.15) is 5.10 Å². The van der Waals surface area contributed by atoms with Crippen LogP contribution >= 0.6 is 11.6 Å². The average Bonchev–Trinajstić information content (AvgIpc) is 2.78. The Morgan fingerprint density at radius 2 is 1.69 bits per heavy atom. The lowest BCUT2D eigenvalue weighted by Crippen LogP contribution is -2.21. The first-order chi connectivity index (χ1) is 15.3. The summed E-state index contributed by atoms with van der Waals surface area (Å²) in [6, 6.07) is 19.4. The van der Waals surface area contributed by atoms with E-state index in [9.17, 15) is 19.7 Å². The molecule has 0 aliphatic rings. The number of hydrogen-bond donors (Lipinski definition) is 2. The molecular weight excluding hydrogens is 432 g/mol. The first-order valence-corrected chi connectivity index (χ1v) is 9.93. The number of nitro benzene ring substituents is 1. The van der Waals surface area contributed by atoms with Gasteiger partial charge in [-0.3, -0.25) is 19.7 Å². The quantitative estimate of drug-likeness (QED) is 0.311. The minimum absolute atomic E-state index is 0.0337. The number of anilines is 1. The SMILES string of the molecule is C/C(=N\NC(=O)Cc1ccc([N+](=O)[O-])cc1)c1cccc(NC(=O)c2ccc(Cl)cc2)c1. The lowest BCUT2D eigenvalue weighted by Gasteiger charge is -2.08. The van der Waals surface area contributed by atoms with E-state index in [1.165, 1.54) is 24.3 Å². The van der Waals surface area contributed by atoms with Crippen LogP contribution in [0.4, 0.5) is 11.4 Å². The summed E-state index contributed by atoms with van der Waals surface area (Å²) in [5.41, 5.74) is 5.39. The van der Waals surface area contributed by atoms with E-state index in [0.717, 1.165) is 5.56 Å². The molecule has 3 aromatic rings. The van der Waals surface area contributed by atoms with Crippen LogP contribution in [0.25, 0.3) is 0 Å². The van der Waals surface area contributed by atoms with Gasteiger partial charge in [0.25, 0.3) is 11.6 Å². The van der Waals surface area contributed by atoms with E-state index in [4.69, 9.17) is 11.6 Å². The number of nitrogens with zero attached hydrogens (tertiary/aromatic N) is 2. The molecule has 0 fully saturated rings. The third-order valence-electron chi connectivity index (χ3n) is 4.50. The van der Waals surface area contributed by atoms with Crippen LogP contribution < -0.4 is 10.7 Å². The Balaban J connectivity index is 1.61. The van der Waals surface area contributed by atoms with Gasteiger partial charge in [-0.05, 0) is 54.4 Å². The van der Waals surface area contributed by atoms with Crippen LogP contribution in [0, 0.1) is 10.1 Å². The molecule has 8 nitrogen and oxygen atoms in total. The molecule has 0 aromatic heterocycles. The van der Waals surface area contributed by atoms with Crippen LogP contribution in [-0.4, -0.2) is 22.4 Å². The van der Waals surface area contributed by atoms with E-state index in [1.54, 1.807) is 55.5 Å². The molecule has 9 heteroatoms. The van der Waals surface area contributed by atoms with Crippen LogP contribution in [-0.2, 0) is 11.2 Å². The molecule has 0 unspecified atom stereocenters. The number of rotatable bonds is 7. The number of hydrogen-bond acceptors (Lipinski definition) is 5. The largest absolute Gasteiger partial charge is 0.322 e. The van der Waals surface area contributed by atoms with Gasteiger partial charge in [-0.1, -0.05) is 35.9 Å². The van der Waals surface area contributed by atoms with E-state index in [0.29, 0.717) is 27.5 Å². The first-order valence-electron chi connectivity index (χ1n) is 9.55. The second kappa shape index (κ2) is 10.3. The van der Waals surface area contributed by atoms with Crippen molar-refractivity contribution in [2.24, 2.45) is 5.10 Å². The van der Waals surface area contributed by atoms with Crippen LogP contribution in [0.1, 0.15) is 28.4 Å². The molecule has 0 aliphatic carbocycles. The highest BCUT2D eigenvalue weighted by molar-refractivity contribution is 6.30. The van der Waals surface area contributed by atoms with E-state index >= 15 is 0 Å². The normalized spacial score (nSPS) is 11.0. The molecule has 0 bridgehead atoms. The molecule has 0 saturated carbocycles. The van der Waals surface area contributed by atoms with Crippen LogP contribution in [0.2, 0.25) is 5.02 Å². The van der Waals surface area contributed by atoms with Crippen molar-refractivity contribution >= 4 is 40.5 Å². The number of nitro groups is 1. The second-order valence-corrected chi connectivity index (χ2v) is 7.31. The third kappa shape index (κ3) is 6.23. The number of amides is 2. The molecule has 162 valence electrons. The maximum atomic E-state index is 12.4. The molecule has 2 amide bonds. The minimum atomic E-state index is -0.497. The Morgan fingerprint density at radius 1 is 1.00 bits per heavy atom. The van der Waals surface area contributed by atoms with Crippen LogP contribution in [0.15, 0.2) is 77.9 Å². The fourth-order valence-corrected chi connectivity index (χ4v) is 2.92. The maximum absolute atomic E-state index is 12.4. The summed E-state index contributed by atoms with van der Waals surface area (Å²) in [6.45, 7) is 1.73. The van der Waals surface area contributed by atoms with Gasteiger partial charge in [0, 0.05) is 28.4 Å². The van der Waals surface area contributed by atoms with E-state index in [1.807, 2.05) is 0 Å². The first kappa shape index (κ1) is 22.6. The van der Waals surface area contributed by atoms with Gasteiger partial charge in [-0.15, -0.1) is 0 Å². The molecule has 0 atom stereocenters. The number of carbonyl (C=O) groups is 2. The topological polar surface area (TPSA) is 114 Å². The predicted octanol–water partition coefficient (Wildman–Crippen LogP) is 4.58. The van der Waals surface area contributed by atoms with E-state index in [-0.39, 0.29) is 23.9 Å². The molecule has 2 N–H and O–H groups in total. The zero-order chi connectivity index (χ0) is 23.1. The van der Waals surface area contributed by atoms with Crippen molar-refractivity contribution in [1.29, 1.82) is 0 Å². The number of non-ortho nitro benzene ring substituents is 1. The van der Waals surface area contributed by atoms with Crippen molar-refractivity contribution in [2.45, 2.75) is 13.3 Å². The number of carbonyl (C=O) groups excluding carboxylic acids is 2. The monoisotopic (exact) mass is 450 g/mol. The van der Waals surface area contributed by atoms with Crippen molar-refractivity contribution < 1.29 is 14.5 Å². The van der Waals surface area contributed by atoms with Crippen molar-refractivity contribution in [3.05, 3.63) is 105 Å². The zero-order valence-electron chi connectivity index (χ0n) is 17.0. The van der Waals surface area contributed by atoms with Crippen LogP contribution in [0.3, 0.4) is 0 Å². The van der Waals surface area contributed by atoms with E-state index in [2.05, 4.69) is 15.8 Å².